The second-order valence-corrected chi connectivity index (χ2v) is 6.84. The minimum absolute atomic E-state index is 0.224. The number of aryl methyl sites for hydroxylation is 2. The van der Waals surface area contributed by atoms with Gasteiger partial charge in [0.25, 0.3) is 17.8 Å². The number of amides is 3. The fourth-order valence-corrected chi connectivity index (χ4v) is 3.34. The molecule has 136 valence electrons. The first-order valence-corrected chi connectivity index (χ1v) is 8.51. The van der Waals surface area contributed by atoms with Gasteiger partial charge in [-0.1, -0.05) is 6.07 Å². The molecule has 0 radical (unpaired) electrons. The van der Waals surface area contributed by atoms with Crippen LogP contribution in [-0.4, -0.2) is 77.6 Å². The lowest BCUT2D eigenvalue weighted by atomic mass is 10.1. The number of ether oxygens (including phenoxy) is 2. The fourth-order valence-electron chi connectivity index (χ4n) is 3.34. The molecule has 1 aromatic carbocycles. The minimum Gasteiger partial charge on any atom is -0.490 e. The van der Waals surface area contributed by atoms with Crippen LogP contribution in [0.15, 0.2) is 23.2 Å². The number of nitrogens with zero attached hydrogens (tertiary/aromatic N) is 4. The van der Waals surface area contributed by atoms with Gasteiger partial charge >= 0.3 is 12.1 Å². The molecule has 1 saturated heterocycles. The average Bonchev–Trinajstić information content (AvgIpc) is 3.16. The number of hydrogen-bond acceptors (Lipinski definition) is 5. The number of likely N-dealkylation sites (N-methyl/N-ethyl adjacent to an activating group) is 2. The van der Waals surface area contributed by atoms with Gasteiger partial charge in [-0.25, -0.2) is 4.79 Å². The number of benzene rings is 1. The van der Waals surface area contributed by atoms with Crippen molar-refractivity contribution >= 4 is 23.8 Å². The van der Waals surface area contributed by atoms with E-state index in [4.69, 9.17) is 9.47 Å². The summed E-state index contributed by atoms with van der Waals surface area (Å²) >= 11 is 0. The number of urea groups is 1. The third-order valence-corrected chi connectivity index (χ3v) is 5.08. The highest BCUT2D eigenvalue weighted by atomic mass is 16.6. The zero-order valence-corrected chi connectivity index (χ0v) is 15.2. The number of amidine groups is 2. The molecule has 3 aliphatic rings. The van der Waals surface area contributed by atoms with Gasteiger partial charge in [-0.15, -0.1) is 0 Å². The molecular weight excluding hydrogens is 336 g/mol. The molecular formula is C18H21N4O4+. The molecule has 8 nitrogen and oxygen atoms in total. The van der Waals surface area contributed by atoms with Crippen molar-refractivity contribution in [3.63, 3.8) is 0 Å². The van der Waals surface area contributed by atoms with E-state index in [-0.39, 0.29) is 18.0 Å². The monoisotopic (exact) mass is 357 g/mol. The first-order chi connectivity index (χ1) is 12.4. The van der Waals surface area contributed by atoms with Gasteiger partial charge in [-0.05, 0) is 37.1 Å². The molecule has 26 heavy (non-hydrogen) atoms. The standard InChI is InChI=1S/C18H21N4O4/c1-10-5-6-12(7-11(10)2)25-9-13-8-22-14-15(19-17(22)26-13)20(3)18(24)21(4)16(14)23/h5-7,13-14H,8-9H2,1-4H3/q+1. The Morgan fingerprint density at radius 1 is 1.23 bits per heavy atom. The largest absolute Gasteiger partial charge is 0.497 e. The van der Waals surface area contributed by atoms with E-state index in [1.807, 2.05) is 25.1 Å². The topological polar surface area (TPSA) is 74.5 Å². The van der Waals surface area contributed by atoms with E-state index >= 15 is 0 Å². The molecule has 2 unspecified atom stereocenters. The molecule has 0 saturated carbocycles. The molecule has 0 bridgehead atoms. The highest BCUT2D eigenvalue weighted by Crippen LogP contribution is 2.24. The van der Waals surface area contributed by atoms with Crippen molar-refractivity contribution in [1.29, 1.82) is 0 Å². The lowest BCUT2D eigenvalue weighted by Crippen LogP contribution is -2.61. The Morgan fingerprint density at radius 2 is 2.00 bits per heavy atom. The van der Waals surface area contributed by atoms with Gasteiger partial charge in [0.15, 0.2) is 6.10 Å². The lowest BCUT2D eigenvalue weighted by molar-refractivity contribution is -0.529. The van der Waals surface area contributed by atoms with E-state index in [0.717, 1.165) is 10.6 Å². The van der Waals surface area contributed by atoms with Gasteiger partial charge < -0.3 is 9.47 Å². The van der Waals surface area contributed by atoms with Crippen molar-refractivity contribution in [2.45, 2.75) is 26.0 Å². The Kier molecular flexibility index (Phi) is 3.71. The van der Waals surface area contributed by atoms with E-state index in [9.17, 15) is 9.59 Å². The van der Waals surface area contributed by atoms with Crippen LogP contribution in [0, 0.1) is 13.8 Å². The second-order valence-electron chi connectivity index (χ2n) is 6.84. The Hall–Kier alpha value is -2.90. The molecule has 4 rings (SSSR count). The lowest BCUT2D eigenvalue weighted by Gasteiger charge is -2.30. The van der Waals surface area contributed by atoms with E-state index in [0.29, 0.717) is 25.0 Å². The van der Waals surface area contributed by atoms with Crippen molar-refractivity contribution < 1.29 is 23.6 Å². The molecule has 1 aromatic rings. The van der Waals surface area contributed by atoms with E-state index < -0.39 is 6.04 Å². The quantitative estimate of drug-likeness (QED) is 0.749. The Balaban J connectivity index is 1.45. The zero-order chi connectivity index (χ0) is 18.6. The molecule has 0 spiro atoms. The van der Waals surface area contributed by atoms with Crippen molar-refractivity contribution in [2.24, 2.45) is 4.99 Å². The molecule has 3 aliphatic heterocycles. The molecule has 8 heteroatoms. The Morgan fingerprint density at radius 3 is 2.73 bits per heavy atom. The maximum absolute atomic E-state index is 12.5. The molecule has 3 heterocycles. The third kappa shape index (κ3) is 2.44. The number of fused-ring (bicyclic) bond motifs is 2. The first kappa shape index (κ1) is 16.6. The Bertz CT molecular complexity index is 876. The fraction of sp³-hybridized carbons (Fsp3) is 0.444. The third-order valence-electron chi connectivity index (χ3n) is 5.08. The molecule has 0 N–H and O–H groups in total. The number of carbonyl (C=O) groups is 2. The molecule has 0 aromatic heterocycles. The van der Waals surface area contributed by atoms with Crippen LogP contribution in [-0.2, 0) is 9.53 Å². The number of aliphatic imine (C=N–C) groups is 1. The number of imide groups is 1. The second kappa shape index (κ2) is 5.82. The van der Waals surface area contributed by atoms with Crippen LogP contribution in [0.5, 0.6) is 5.75 Å². The van der Waals surface area contributed by atoms with Crippen LogP contribution in [0.1, 0.15) is 11.1 Å². The van der Waals surface area contributed by atoms with Crippen LogP contribution in [0.2, 0.25) is 0 Å². The maximum Gasteiger partial charge on any atom is 0.497 e. The number of carbonyl (C=O) groups excluding carboxylic acids is 2. The van der Waals surface area contributed by atoms with Gasteiger partial charge in [-0.3, -0.25) is 14.6 Å². The normalized spacial score (nSPS) is 24.5. The van der Waals surface area contributed by atoms with Crippen molar-refractivity contribution in [2.75, 3.05) is 27.2 Å². The summed E-state index contributed by atoms with van der Waals surface area (Å²) in [6, 6.07) is 5.33. The summed E-state index contributed by atoms with van der Waals surface area (Å²) in [5.74, 6) is 0.916. The molecule has 3 amide bonds. The van der Waals surface area contributed by atoms with Gasteiger partial charge in [0.05, 0.1) is 0 Å². The van der Waals surface area contributed by atoms with Crippen molar-refractivity contribution in [3.05, 3.63) is 29.3 Å². The summed E-state index contributed by atoms with van der Waals surface area (Å²) in [4.78, 5) is 31.4. The van der Waals surface area contributed by atoms with Crippen molar-refractivity contribution in [1.82, 2.24) is 9.80 Å². The smallest absolute Gasteiger partial charge is 0.490 e. The summed E-state index contributed by atoms with van der Waals surface area (Å²) < 4.78 is 13.5. The first-order valence-electron chi connectivity index (χ1n) is 8.51. The summed E-state index contributed by atoms with van der Waals surface area (Å²) in [6.07, 6.45) is -0.224. The molecule has 1 fully saturated rings. The van der Waals surface area contributed by atoms with Crippen LogP contribution in [0.4, 0.5) is 4.79 Å². The number of hydrogen-bond donors (Lipinski definition) is 0. The van der Waals surface area contributed by atoms with E-state index in [2.05, 4.69) is 11.9 Å². The highest BCUT2D eigenvalue weighted by Gasteiger charge is 2.56. The molecule has 2 atom stereocenters. The summed E-state index contributed by atoms with van der Waals surface area (Å²) in [5.41, 5.74) is 2.38. The van der Waals surface area contributed by atoms with Gasteiger partial charge in [0.1, 0.15) is 18.9 Å². The van der Waals surface area contributed by atoms with E-state index in [1.54, 1.807) is 11.6 Å². The van der Waals surface area contributed by atoms with Crippen LogP contribution in [0.3, 0.4) is 0 Å². The number of rotatable bonds is 3. The molecule has 0 aliphatic carbocycles. The average molecular weight is 357 g/mol. The zero-order valence-electron chi connectivity index (χ0n) is 15.2. The predicted molar refractivity (Wildman–Crippen MR) is 93.6 cm³/mol. The Labute approximate surface area is 151 Å². The highest BCUT2D eigenvalue weighted by molar-refractivity contribution is 6.22. The van der Waals surface area contributed by atoms with Gasteiger partial charge in [-0.2, -0.15) is 4.58 Å². The summed E-state index contributed by atoms with van der Waals surface area (Å²) in [5, 5.41) is 0. The summed E-state index contributed by atoms with van der Waals surface area (Å²) in [7, 11) is 3.09. The van der Waals surface area contributed by atoms with Crippen LogP contribution in [0.25, 0.3) is 0 Å². The van der Waals surface area contributed by atoms with E-state index in [1.165, 1.54) is 23.1 Å². The van der Waals surface area contributed by atoms with Gasteiger partial charge in [0.2, 0.25) is 0 Å². The predicted octanol–water partition coefficient (Wildman–Crippen LogP) is 0.754. The van der Waals surface area contributed by atoms with Crippen molar-refractivity contribution in [3.8, 4) is 5.75 Å². The minimum atomic E-state index is -0.607. The summed E-state index contributed by atoms with van der Waals surface area (Å²) in [6.45, 7) is 4.94. The maximum atomic E-state index is 12.5. The SMILES string of the molecule is Cc1ccc(OCC2C[N+]3=C(N=C4C3C(=O)N(C)C(=O)N4C)O2)cc1C. The van der Waals surface area contributed by atoms with Gasteiger partial charge in [0, 0.05) is 19.1 Å². The van der Waals surface area contributed by atoms with Crippen LogP contribution >= 0.6 is 0 Å². The van der Waals surface area contributed by atoms with Crippen LogP contribution < -0.4 is 4.74 Å².